The molecule has 2 aliphatic rings. The maximum atomic E-state index is 12.6. The Labute approximate surface area is 132 Å². The molecule has 122 valence electrons. The molecule has 2 saturated heterocycles. The smallest absolute Gasteiger partial charge is 0.245 e. The largest absolute Gasteiger partial charge is 0.378 e. The molecule has 0 saturated carbocycles. The summed E-state index contributed by atoms with van der Waals surface area (Å²) in [6.07, 6.45) is 2.73. The average molecular weight is 320 g/mol. The second-order valence-electron chi connectivity index (χ2n) is 5.62. The van der Waals surface area contributed by atoms with Crippen LogP contribution in [0.4, 0.5) is 0 Å². The molecular formula is C14H26ClN3O3. The summed E-state index contributed by atoms with van der Waals surface area (Å²) >= 11 is 0. The standard InChI is InChI=1S/C14H25N3O3.ClH/c1-11(10-15)13(18)17-5-3-2-4-12(17)14(19)16-6-8-20-9-7-16;/h11-12H,2-10,15H2,1H3;1H. The Balaban J connectivity index is 0.00000220. The maximum Gasteiger partial charge on any atom is 0.245 e. The highest BCUT2D eigenvalue weighted by atomic mass is 35.5. The van der Waals surface area contributed by atoms with Crippen LogP contribution in [-0.4, -0.2) is 67.0 Å². The first-order valence-electron chi connectivity index (χ1n) is 7.52. The molecule has 6 nitrogen and oxygen atoms in total. The molecule has 2 atom stereocenters. The van der Waals surface area contributed by atoms with Crippen molar-refractivity contribution in [2.45, 2.75) is 32.2 Å². The first-order chi connectivity index (χ1) is 9.65. The molecule has 0 bridgehead atoms. The SMILES string of the molecule is CC(CN)C(=O)N1CCCCC1C(=O)N1CCOCC1.Cl. The van der Waals surface area contributed by atoms with Gasteiger partial charge in [-0.3, -0.25) is 9.59 Å². The van der Waals surface area contributed by atoms with E-state index in [1.54, 1.807) is 4.90 Å². The van der Waals surface area contributed by atoms with E-state index in [0.29, 0.717) is 39.4 Å². The number of carbonyl (C=O) groups excluding carboxylic acids is 2. The second-order valence-corrected chi connectivity index (χ2v) is 5.62. The summed E-state index contributed by atoms with van der Waals surface area (Å²) in [7, 11) is 0. The summed E-state index contributed by atoms with van der Waals surface area (Å²) in [5.41, 5.74) is 5.58. The van der Waals surface area contributed by atoms with E-state index in [2.05, 4.69) is 0 Å². The number of piperidine rings is 1. The van der Waals surface area contributed by atoms with Gasteiger partial charge in [0.15, 0.2) is 0 Å². The monoisotopic (exact) mass is 319 g/mol. The number of hydrogen-bond donors (Lipinski definition) is 1. The predicted octanol–water partition coefficient (Wildman–Crippen LogP) is 0.243. The second kappa shape index (κ2) is 8.56. The number of nitrogens with zero attached hydrogens (tertiary/aromatic N) is 2. The quantitative estimate of drug-likeness (QED) is 0.808. The molecule has 21 heavy (non-hydrogen) atoms. The summed E-state index contributed by atoms with van der Waals surface area (Å²) in [6.45, 7) is 5.26. The van der Waals surface area contributed by atoms with E-state index >= 15 is 0 Å². The Morgan fingerprint density at radius 2 is 1.90 bits per heavy atom. The Hall–Kier alpha value is -0.850. The fourth-order valence-corrected chi connectivity index (χ4v) is 2.83. The van der Waals surface area contributed by atoms with E-state index in [4.69, 9.17) is 10.5 Å². The van der Waals surface area contributed by atoms with Crippen LogP contribution in [-0.2, 0) is 14.3 Å². The number of carbonyl (C=O) groups is 2. The number of ether oxygens (including phenoxy) is 1. The van der Waals surface area contributed by atoms with E-state index in [1.807, 2.05) is 11.8 Å². The van der Waals surface area contributed by atoms with Gasteiger partial charge in [-0.05, 0) is 19.3 Å². The van der Waals surface area contributed by atoms with E-state index < -0.39 is 0 Å². The average Bonchev–Trinajstić information content (AvgIpc) is 2.53. The maximum absolute atomic E-state index is 12.6. The van der Waals surface area contributed by atoms with Gasteiger partial charge in [0.1, 0.15) is 6.04 Å². The Kier molecular flexibility index (Phi) is 7.42. The lowest BCUT2D eigenvalue weighted by molar-refractivity contribution is -0.151. The molecule has 0 aliphatic carbocycles. The van der Waals surface area contributed by atoms with Gasteiger partial charge in [0.05, 0.1) is 13.2 Å². The number of likely N-dealkylation sites (tertiary alicyclic amines) is 1. The molecule has 0 aromatic heterocycles. The van der Waals surface area contributed by atoms with E-state index in [1.165, 1.54) is 0 Å². The van der Waals surface area contributed by atoms with Gasteiger partial charge in [-0.1, -0.05) is 6.92 Å². The minimum Gasteiger partial charge on any atom is -0.378 e. The van der Waals surface area contributed by atoms with Crippen molar-refractivity contribution >= 4 is 24.2 Å². The van der Waals surface area contributed by atoms with Crippen LogP contribution in [0.25, 0.3) is 0 Å². The van der Waals surface area contributed by atoms with Gasteiger partial charge in [0, 0.05) is 32.1 Å². The molecule has 2 amide bonds. The Morgan fingerprint density at radius 1 is 1.24 bits per heavy atom. The summed E-state index contributed by atoms with van der Waals surface area (Å²) < 4.78 is 5.28. The van der Waals surface area contributed by atoms with Crippen molar-refractivity contribution in [1.29, 1.82) is 0 Å². The lowest BCUT2D eigenvalue weighted by Crippen LogP contribution is -2.56. The van der Waals surface area contributed by atoms with Crippen LogP contribution >= 0.6 is 12.4 Å². The minimum absolute atomic E-state index is 0. The number of morpholine rings is 1. The topological polar surface area (TPSA) is 75.9 Å². The first kappa shape index (κ1) is 18.2. The number of nitrogens with two attached hydrogens (primary N) is 1. The molecule has 2 aliphatic heterocycles. The van der Waals surface area contributed by atoms with Crippen molar-refractivity contribution in [3.63, 3.8) is 0 Å². The van der Waals surface area contributed by atoms with Gasteiger partial charge in [-0.2, -0.15) is 0 Å². The van der Waals surface area contributed by atoms with Crippen LogP contribution in [0.1, 0.15) is 26.2 Å². The van der Waals surface area contributed by atoms with Crippen LogP contribution in [0, 0.1) is 5.92 Å². The molecule has 0 spiro atoms. The van der Waals surface area contributed by atoms with Gasteiger partial charge in [0.2, 0.25) is 11.8 Å². The third kappa shape index (κ3) is 4.31. The number of halogens is 1. The van der Waals surface area contributed by atoms with E-state index in [9.17, 15) is 9.59 Å². The van der Waals surface area contributed by atoms with Crippen molar-refractivity contribution < 1.29 is 14.3 Å². The lowest BCUT2D eigenvalue weighted by atomic mass is 9.98. The van der Waals surface area contributed by atoms with Crippen molar-refractivity contribution in [3.05, 3.63) is 0 Å². The molecular weight excluding hydrogens is 294 g/mol. The number of rotatable bonds is 3. The summed E-state index contributed by atoms with van der Waals surface area (Å²) in [5, 5.41) is 0. The van der Waals surface area contributed by atoms with Crippen molar-refractivity contribution in [3.8, 4) is 0 Å². The molecule has 2 fully saturated rings. The first-order valence-corrected chi connectivity index (χ1v) is 7.52. The highest BCUT2D eigenvalue weighted by molar-refractivity contribution is 5.88. The van der Waals surface area contributed by atoms with Crippen LogP contribution in [0.2, 0.25) is 0 Å². The molecule has 2 heterocycles. The van der Waals surface area contributed by atoms with Gasteiger partial charge in [-0.25, -0.2) is 0 Å². The summed E-state index contributed by atoms with van der Waals surface area (Å²) in [4.78, 5) is 28.6. The predicted molar refractivity (Wildman–Crippen MR) is 82.2 cm³/mol. The van der Waals surface area contributed by atoms with Crippen LogP contribution in [0.3, 0.4) is 0 Å². The van der Waals surface area contributed by atoms with Gasteiger partial charge < -0.3 is 20.3 Å². The summed E-state index contributed by atoms with van der Waals surface area (Å²) in [6, 6.07) is -0.302. The van der Waals surface area contributed by atoms with Crippen LogP contribution in [0.5, 0.6) is 0 Å². The fraction of sp³-hybridized carbons (Fsp3) is 0.857. The van der Waals surface area contributed by atoms with E-state index in [-0.39, 0.29) is 36.2 Å². The molecule has 7 heteroatoms. The fourth-order valence-electron chi connectivity index (χ4n) is 2.83. The zero-order valence-electron chi connectivity index (χ0n) is 12.6. The Bertz CT molecular complexity index is 361. The molecule has 2 N–H and O–H groups in total. The summed E-state index contributed by atoms with van der Waals surface area (Å²) in [5.74, 6) is -0.127. The molecule has 0 aromatic carbocycles. The number of hydrogen-bond acceptors (Lipinski definition) is 4. The van der Waals surface area contributed by atoms with Crippen molar-refractivity contribution in [2.24, 2.45) is 11.7 Å². The third-order valence-electron chi connectivity index (χ3n) is 4.17. The van der Waals surface area contributed by atoms with E-state index in [0.717, 1.165) is 19.3 Å². The van der Waals surface area contributed by atoms with Crippen LogP contribution in [0.15, 0.2) is 0 Å². The molecule has 2 unspecified atom stereocenters. The van der Waals surface area contributed by atoms with Crippen molar-refractivity contribution in [1.82, 2.24) is 9.80 Å². The lowest BCUT2D eigenvalue weighted by Gasteiger charge is -2.39. The third-order valence-corrected chi connectivity index (χ3v) is 4.17. The number of amides is 2. The van der Waals surface area contributed by atoms with Gasteiger partial charge in [0.25, 0.3) is 0 Å². The minimum atomic E-state index is -0.302. The normalized spacial score (nSPS) is 24.2. The van der Waals surface area contributed by atoms with Crippen LogP contribution < -0.4 is 5.73 Å². The molecule has 0 aromatic rings. The highest BCUT2D eigenvalue weighted by Crippen LogP contribution is 2.21. The molecule has 2 rings (SSSR count). The zero-order chi connectivity index (χ0) is 14.5. The zero-order valence-corrected chi connectivity index (χ0v) is 13.4. The molecule has 0 radical (unpaired) electrons. The highest BCUT2D eigenvalue weighted by Gasteiger charge is 2.36. The van der Waals surface area contributed by atoms with Gasteiger partial charge >= 0.3 is 0 Å². The van der Waals surface area contributed by atoms with Crippen molar-refractivity contribution in [2.75, 3.05) is 39.4 Å². The Morgan fingerprint density at radius 3 is 2.52 bits per heavy atom. The van der Waals surface area contributed by atoms with Gasteiger partial charge in [-0.15, -0.1) is 12.4 Å².